The Kier molecular flexibility index (Phi) is 5.15. The quantitative estimate of drug-likeness (QED) is 0.708. The molecule has 0 atom stereocenters. The third-order valence-electron chi connectivity index (χ3n) is 3.26. The standard InChI is InChI=1S/C16H12FN3O3.ClH/c1-23-16(22)20-15-18-12-7-4-10(8-13(12)19-15)14(21)9-2-5-11(17)6-3-9;/h2-8H,1H3,(H2,18,19,20,22);1H. The average Bonchev–Trinajstić information content (AvgIpc) is 2.96. The van der Waals surface area contributed by atoms with E-state index < -0.39 is 11.9 Å². The van der Waals surface area contributed by atoms with Gasteiger partial charge in [0.25, 0.3) is 0 Å². The summed E-state index contributed by atoms with van der Waals surface area (Å²) in [7, 11) is 1.25. The Labute approximate surface area is 142 Å². The molecule has 6 nitrogen and oxygen atoms in total. The average molecular weight is 350 g/mol. The summed E-state index contributed by atoms with van der Waals surface area (Å²) in [6, 6.07) is 10.2. The molecule has 0 fully saturated rings. The van der Waals surface area contributed by atoms with Crippen LogP contribution in [0.15, 0.2) is 42.5 Å². The number of benzene rings is 2. The van der Waals surface area contributed by atoms with Crippen LogP contribution in [-0.4, -0.2) is 29.0 Å². The normalized spacial score (nSPS) is 10.1. The zero-order valence-electron chi connectivity index (χ0n) is 12.5. The maximum Gasteiger partial charge on any atom is 0.413 e. The lowest BCUT2D eigenvalue weighted by atomic mass is 10.0. The van der Waals surface area contributed by atoms with E-state index in [0.717, 1.165) is 0 Å². The van der Waals surface area contributed by atoms with Gasteiger partial charge >= 0.3 is 6.09 Å². The number of nitrogens with one attached hydrogen (secondary N) is 2. The van der Waals surface area contributed by atoms with Gasteiger partial charge in [0, 0.05) is 11.1 Å². The Morgan fingerprint density at radius 3 is 2.46 bits per heavy atom. The fraction of sp³-hybridized carbons (Fsp3) is 0.0625. The van der Waals surface area contributed by atoms with Crippen LogP contribution in [0.25, 0.3) is 11.0 Å². The number of fused-ring (bicyclic) bond motifs is 1. The lowest BCUT2D eigenvalue weighted by Crippen LogP contribution is -2.11. The van der Waals surface area contributed by atoms with Crippen LogP contribution in [0.1, 0.15) is 15.9 Å². The van der Waals surface area contributed by atoms with E-state index in [1.807, 2.05) is 0 Å². The van der Waals surface area contributed by atoms with Gasteiger partial charge in [0.15, 0.2) is 5.78 Å². The fourth-order valence-corrected chi connectivity index (χ4v) is 2.13. The number of hydrogen-bond acceptors (Lipinski definition) is 4. The molecule has 0 saturated heterocycles. The van der Waals surface area contributed by atoms with Gasteiger partial charge in [0.1, 0.15) is 5.82 Å². The van der Waals surface area contributed by atoms with Crippen LogP contribution < -0.4 is 5.32 Å². The molecule has 3 rings (SSSR count). The molecule has 124 valence electrons. The topological polar surface area (TPSA) is 84.1 Å². The van der Waals surface area contributed by atoms with E-state index in [9.17, 15) is 14.0 Å². The summed E-state index contributed by atoms with van der Waals surface area (Å²) >= 11 is 0. The molecule has 0 aliphatic carbocycles. The highest BCUT2D eigenvalue weighted by Crippen LogP contribution is 2.19. The molecule has 1 amide bonds. The number of ketones is 1. The third kappa shape index (κ3) is 3.52. The summed E-state index contributed by atoms with van der Waals surface area (Å²) in [5.74, 6) is -0.411. The summed E-state index contributed by atoms with van der Waals surface area (Å²) in [6.45, 7) is 0. The Balaban J connectivity index is 0.00000208. The number of hydrogen-bond donors (Lipinski definition) is 2. The first-order chi connectivity index (χ1) is 11.1. The van der Waals surface area contributed by atoms with Gasteiger partial charge < -0.3 is 9.72 Å². The number of carbonyl (C=O) groups excluding carboxylic acids is 2. The lowest BCUT2D eigenvalue weighted by Gasteiger charge is -2.01. The number of nitrogens with zero attached hydrogens (tertiary/aromatic N) is 1. The monoisotopic (exact) mass is 349 g/mol. The molecular formula is C16H13ClFN3O3. The number of halogens is 2. The molecule has 0 saturated carbocycles. The molecule has 8 heteroatoms. The van der Waals surface area contributed by atoms with Crippen LogP contribution in [0.4, 0.5) is 15.1 Å². The predicted octanol–water partition coefficient (Wildman–Crippen LogP) is 3.53. The first-order valence-corrected chi connectivity index (χ1v) is 6.72. The van der Waals surface area contributed by atoms with E-state index in [0.29, 0.717) is 22.2 Å². The Morgan fingerprint density at radius 1 is 1.12 bits per heavy atom. The smallest absolute Gasteiger partial charge is 0.413 e. The molecule has 0 aliphatic rings. The molecule has 24 heavy (non-hydrogen) atoms. The molecule has 0 aliphatic heterocycles. The van der Waals surface area contributed by atoms with Crippen molar-refractivity contribution in [2.45, 2.75) is 0 Å². The number of amides is 1. The van der Waals surface area contributed by atoms with Crippen LogP contribution in [0, 0.1) is 5.82 Å². The first kappa shape index (κ1) is 17.4. The van der Waals surface area contributed by atoms with Gasteiger partial charge in [-0.2, -0.15) is 0 Å². The van der Waals surface area contributed by atoms with E-state index in [4.69, 9.17) is 0 Å². The van der Waals surface area contributed by atoms with Crippen LogP contribution in [0.2, 0.25) is 0 Å². The lowest BCUT2D eigenvalue weighted by molar-refractivity contribution is 0.103. The van der Waals surface area contributed by atoms with Gasteiger partial charge in [0.05, 0.1) is 18.1 Å². The minimum Gasteiger partial charge on any atom is -0.453 e. The highest BCUT2D eigenvalue weighted by Gasteiger charge is 2.12. The molecule has 1 aromatic heterocycles. The van der Waals surface area contributed by atoms with Crippen molar-refractivity contribution < 1.29 is 18.7 Å². The molecule has 3 aromatic rings. The second-order valence-corrected chi connectivity index (χ2v) is 4.77. The van der Waals surface area contributed by atoms with E-state index in [1.54, 1.807) is 18.2 Å². The SMILES string of the molecule is COC(=O)Nc1nc2ccc(C(=O)c3ccc(F)cc3)cc2[nH]1.Cl. The van der Waals surface area contributed by atoms with E-state index in [-0.39, 0.29) is 24.1 Å². The maximum atomic E-state index is 12.9. The molecule has 1 heterocycles. The Morgan fingerprint density at radius 2 is 1.79 bits per heavy atom. The van der Waals surface area contributed by atoms with E-state index >= 15 is 0 Å². The highest BCUT2D eigenvalue weighted by atomic mass is 35.5. The summed E-state index contributed by atoms with van der Waals surface area (Å²) in [4.78, 5) is 30.6. The van der Waals surface area contributed by atoms with Gasteiger partial charge in [-0.1, -0.05) is 0 Å². The number of ether oxygens (including phenoxy) is 1. The molecule has 2 N–H and O–H groups in total. The van der Waals surface area contributed by atoms with Crippen LogP contribution in [-0.2, 0) is 4.74 Å². The number of aromatic nitrogens is 2. The first-order valence-electron chi connectivity index (χ1n) is 6.72. The summed E-state index contributed by atoms with van der Waals surface area (Å²) in [6.07, 6.45) is -0.647. The maximum absolute atomic E-state index is 12.9. The van der Waals surface area contributed by atoms with Crippen molar-refractivity contribution >= 4 is 41.3 Å². The van der Waals surface area contributed by atoms with Crippen molar-refractivity contribution in [2.75, 3.05) is 12.4 Å². The third-order valence-corrected chi connectivity index (χ3v) is 3.26. The van der Waals surface area contributed by atoms with Crippen molar-refractivity contribution in [3.05, 3.63) is 59.4 Å². The van der Waals surface area contributed by atoms with Gasteiger partial charge in [-0.25, -0.2) is 14.2 Å². The molecule has 0 bridgehead atoms. The Bertz CT molecular complexity index is 893. The van der Waals surface area contributed by atoms with Crippen molar-refractivity contribution in [1.82, 2.24) is 9.97 Å². The van der Waals surface area contributed by atoms with Crippen LogP contribution >= 0.6 is 12.4 Å². The van der Waals surface area contributed by atoms with E-state index in [1.165, 1.54) is 31.4 Å². The second-order valence-electron chi connectivity index (χ2n) is 4.77. The minimum absolute atomic E-state index is 0. The minimum atomic E-state index is -0.647. The molecule has 0 spiro atoms. The van der Waals surface area contributed by atoms with E-state index in [2.05, 4.69) is 20.0 Å². The van der Waals surface area contributed by atoms with Gasteiger partial charge in [-0.15, -0.1) is 12.4 Å². The van der Waals surface area contributed by atoms with Crippen LogP contribution in [0.5, 0.6) is 0 Å². The largest absolute Gasteiger partial charge is 0.453 e. The Hall–Kier alpha value is -2.93. The number of H-pyrrole nitrogens is 1. The van der Waals surface area contributed by atoms with Crippen molar-refractivity contribution in [3.8, 4) is 0 Å². The van der Waals surface area contributed by atoms with Crippen molar-refractivity contribution in [2.24, 2.45) is 0 Å². The molecular weight excluding hydrogens is 337 g/mol. The highest BCUT2D eigenvalue weighted by molar-refractivity contribution is 6.10. The van der Waals surface area contributed by atoms with Gasteiger partial charge in [0.2, 0.25) is 5.95 Å². The number of carbonyl (C=O) groups is 2. The summed E-state index contributed by atoms with van der Waals surface area (Å²) < 4.78 is 17.4. The van der Waals surface area contributed by atoms with Gasteiger partial charge in [-0.3, -0.25) is 10.1 Å². The fourth-order valence-electron chi connectivity index (χ4n) is 2.13. The summed E-state index contributed by atoms with van der Waals surface area (Å²) in [5, 5.41) is 2.41. The number of aromatic amines is 1. The number of anilines is 1. The second kappa shape index (κ2) is 7.10. The van der Waals surface area contributed by atoms with Gasteiger partial charge in [-0.05, 0) is 42.5 Å². The van der Waals surface area contributed by atoms with Crippen molar-refractivity contribution in [1.29, 1.82) is 0 Å². The van der Waals surface area contributed by atoms with Crippen LogP contribution in [0.3, 0.4) is 0 Å². The zero-order chi connectivity index (χ0) is 16.4. The molecule has 0 unspecified atom stereocenters. The number of rotatable bonds is 3. The number of imidazole rings is 1. The summed E-state index contributed by atoms with van der Waals surface area (Å²) in [5.41, 5.74) is 1.99. The molecule has 2 aromatic carbocycles. The predicted molar refractivity (Wildman–Crippen MR) is 89.2 cm³/mol. The number of methoxy groups -OCH3 is 1. The zero-order valence-corrected chi connectivity index (χ0v) is 13.3. The van der Waals surface area contributed by atoms with Crippen molar-refractivity contribution in [3.63, 3.8) is 0 Å². The molecule has 0 radical (unpaired) electrons.